The first-order chi connectivity index (χ1) is 11.7. The summed E-state index contributed by atoms with van der Waals surface area (Å²) in [7, 11) is 0. The molecule has 126 valence electrons. The molecule has 24 heavy (non-hydrogen) atoms. The first-order valence-corrected chi connectivity index (χ1v) is 8.78. The third-order valence-corrected chi connectivity index (χ3v) is 5.26. The van der Waals surface area contributed by atoms with Gasteiger partial charge in [0, 0.05) is 30.0 Å². The minimum atomic E-state index is -0.254. The topological polar surface area (TPSA) is 58.4 Å². The van der Waals surface area contributed by atoms with Crippen LogP contribution in [0, 0.1) is 0 Å². The Morgan fingerprint density at radius 2 is 2.00 bits per heavy atom. The summed E-state index contributed by atoms with van der Waals surface area (Å²) in [6.45, 7) is 0.666. The second kappa shape index (κ2) is 6.40. The van der Waals surface area contributed by atoms with E-state index in [0.717, 1.165) is 43.2 Å². The third-order valence-electron chi connectivity index (χ3n) is 5.26. The summed E-state index contributed by atoms with van der Waals surface area (Å²) in [4.78, 5) is 15.1. The SMILES string of the molecule is O=C(c1cccc(Cn2cccn2)c1)N1[C@@H]2CCC[C@H]1CC(O)C2. The fourth-order valence-corrected chi connectivity index (χ4v) is 4.22. The monoisotopic (exact) mass is 325 g/mol. The number of aliphatic hydroxyl groups excluding tert-OH is 1. The number of nitrogens with zero attached hydrogens (tertiary/aromatic N) is 3. The smallest absolute Gasteiger partial charge is 0.254 e. The molecule has 1 unspecified atom stereocenters. The van der Waals surface area contributed by atoms with Crippen LogP contribution in [0.2, 0.25) is 0 Å². The van der Waals surface area contributed by atoms with Gasteiger partial charge in [0.2, 0.25) is 0 Å². The molecule has 5 heteroatoms. The van der Waals surface area contributed by atoms with Gasteiger partial charge in [-0.15, -0.1) is 0 Å². The van der Waals surface area contributed by atoms with E-state index < -0.39 is 0 Å². The molecule has 1 amide bonds. The molecule has 2 aliphatic heterocycles. The quantitative estimate of drug-likeness (QED) is 0.943. The predicted octanol–water partition coefficient (Wildman–Crippen LogP) is 2.45. The molecule has 0 aliphatic carbocycles. The molecular formula is C19H23N3O2. The van der Waals surface area contributed by atoms with E-state index in [2.05, 4.69) is 5.10 Å². The molecule has 1 N–H and O–H groups in total. The Morgan fingerprint density at radius 3 is 2.71 bits per heavy atom. The molecule has 3 atom stereocenters. The van der Waals surface area contributed by atoms with Gasteiger partial charge in [0.1, 0.15) is 0 Å². The van der Waals surface area contributed by atoms with Crippen molar-refractivity contribution in [2.75, 3.05) is 0 Å². The second-order valence-electron chi connectivity index (χ2n) is 6.98. The van der Waals surface area contributed by atoms with Crippen molar-refractivity contribution in [3.63, 3.8) is 0 Å². The van der Waals surface area contributed by atoms with E-state index in [9.17, 15) is 9.90 Å². The zero-order chi connectivity index (χ0) is 16.5. The number of amides is 1. The van der Waals surface area contributed by atoms with Gasteiger partial charge in [-0.3, -0.25) is 9.48 Å². The Morgan fingerprint density at radius 1 is 1.21 bits per heavy atom. The maximum absolute atomic E-state index is 13.1. The van der Waals surface area contributed by atoms with Gasteiger partial charge >= 0.3 is 0 Å². The van der Waals surface area contributed by atoms with Crippen LogP contribution >= 0.6 is 0 Å². The van der Waals surface area contributed by atoms with Crippen LogP contribution in [-0.4, -0.2) is 43.9 Å². The highest BCUT2D eigenvalue weighted by molar-refractivity contribution is 5.95. The minimum Gasteiger partial charge on any atom is -0.393 e. The van der Waals surface area contributed by atoms with E-state index in [1.807, 2.05) is 46.1 Å². The number of carbonyl (C=O) groups is 1. The van der Waals surface area contributed by atoms with Crippen LogP contribution in [0.1, 0.15) is 48.0 Å². The molecule has 0 spiro atoms. The van der Waals surface area contributed by atoms with E-state index in [1.54, 1.807) is 6.20 Å². The highest BCUT2D eigenvalue weighted by Crippen LogP contribution is 2.35. The van der Waals surface area contributed by atoms with Crippen molar-refractivity contribution in [3.05, 3.63) is 53.9 Å². The van der Waals surface area contributed by atoms with Gasteiger partial charge in [0.05, 0.1) is 12.6 Å². The number of fused-ring (bicyclic) bond motifs is 2. The predicted molar refractivity (Wildman–Crippen MR) is 90.6 cm³/mol. The van der Waals surface area contributed by atoms with Crippen LogP contribution in [-0.2, 0) is 6.54 Å². The average Bonchev–Trinajstić information content (AvgIpc) is 3.06. The van der Waals surface area contributed by atoms with Gasteiger partial charge in [-0.1, -0.05) is 12.1 Å². The van der Waals surface area contributed by atoms with Crippen molar-refractivity contribution < 1.29 is 9.90 Å². The molecule has 2 bridgehead atoms. The summed E-state index contributed by atoms with van der Waals surface area (Å²) in [5.74, 6) is 0.110. The van der Waals surface area contributed by atoms with E-state index in [-0.39, 0.29) is 24.1 Å². The zero-order valence-corrected chi connectivity index (χ0v) is 13.7. The zero-order valence-electron chi connectivity index (χ0n) is 13.7. The Bertz CT molecular complexity index is 699. The van der Waals surface area contributed by atoms with Gasteiger partial charge in [0.15, 0.2) is 0 Å². The molecule has 5 nitrogen and oxygen atoms in total. The van der Waals surface area contributed by atoms with Crippen molar-refractivity contribution >= 4 is 5.91 Å². The van der Waals surface area contributed by atoms with Gasteiger partial charge in [0.25, 0.3) is 5.91 Å². The molecule has 4 rings (SSSR count). The molecule has 2 fully saturated rings. The average molecular weight is 325 g/mol. The van der Waals surface area contributed by atoms with E-state index >= 15 is 0 Å². The van der Waals surface area contributed by atoms with Crippen LogP contribution in [0.4, 0.5) is 0 Å². The number of piperidine rings is 2. The Labute approximate surface area is 141 Å². The summed E-state index contributed by atoms with van der Waals surface area (Å²) >= 11 is 0. The van der Waals surface area contributed by atoms with E-state index in [4.69, 9.17) is 0 Å². The van der Waals surface area contributed by atoms with Crippen molar-refractivity contribution in [1.29, 1.82) is 0 Å². The maximum atomic E-state index is 13.1. The second-order valence-corrected chi connectivity index (χ2v) is 6.98. The van der Waals surface area contributed by atoms with Gasteiger partial charge in [-0.05, 0) is 55.9 Å². The Kier molecular flexibility index (Phi) is 4.10. The van der Waals surface area contributed by atoms with Crippen LogP contribution in [0.25, 0.3) is 0 Å². The summed E-state index contributed by atoms with van der Waals surface area (Å²) in [6.07, 6.45) is 8.03. The van der Waals surface area contributed by atoms with Crippen LogP contribution in [0.3, 0.4) is 0 Å². The third kappa shape index (κ3) is 2.96. The lowest BCUT2D eigenvalue weighted by Gasteiger charge is -2.47. The molecule has 3 heterocycles. The highest BCUT2D eigenvalue weighted by atomic mass is 16.3. The minimum absolute atomic E-state index is 0.110. The highest BCUT2D eigenvalue weighted by Gasteiger charge is 2.40. The summed E-state index contributed by atoms with van der Waals surface area (Å²) in [5.41, 5.74) is 1.82. The largest absolute Gasteiger partial charge is 0.393 e. The van der Waals surface area contributed by atoms with Crippen LogP contribution in [0.15, 0.2) is 42.7 Å². The van der Waals surface area contributed by atoms with Crippen LogP contribution in [0.5, 0.6) is 0 Å². The van der Waals surface area contributed by atoms with Gasteiger partial charge in [-0.2, -0.15) is 5.10 Å². The molecule has 0 saturated carbocycles. The molecule has 2 saturated heterocycles. The van der Waals surface area contributed by atoms with E-state index in [0.29, 0.717) is 6.54 Å². The van der Waals surface area contributed by atoms with Gasteiger partial charge in [-0.25, -0.2) is 0 Å². The van der Waals surface area contributed by atoms with Crippen molar-refractivity contribution in [1.82, 2.24) is 14.7 Å². The molecule has 1 aromatic carbocycles. The standard InChI is InChI=1S/C19H23N3O2/c23-18-11-16-6-2-7-17(12-18)22(16)19(24)15-5-1-4-14(10-15)13-21-9-3-8-20-21/h1,3-5,8-10,16-18,23H,2,6-7,11-13H2/t16-,17+,18?. The first kappa shape index (κ1) is 15.4. The lowest BCUT2D eigenvalue weighted by atomic mass is 9.82. The lowest BCUT2D eigenvalue weighted by Crippen LogP contribution is -2.55. The van der Waals surface area contributed by atoms with Crippen molar-refractivity contribution in [2.24, 2.45) is 0 Å². The van der Waals surface area contributed by atoms with Gasteiger partial charge < -0.3 is 10.0 Å². The summed E-state index contributed by atoms with van der Waals surface area (Å²) < 4.78 is 1.86. The summed E-state index contributed by atoms with van der Waals surface area (Å²) in [5, 5.41) is 14.2. The van der Waals surface area contributed by atoms with Crippen LogP contribution < -0.4 is 0 Å². The maximum Gasteiger partial charge on any atom is 0.254 e. The Hall–Kier alpha value is -2.14. The number of hydrogen-bond acceptors (Lipinski definition) is 3. The molecule has 1 aromatic heterocycles. The number of carbonyl (C=O) groups excluding carboxylic acids is 1. The molecule has 0 radical (unpaired) electrons. The Balaban J connectivity index is 1.56. The number of rotatable bonds is 3. The normalized spacial score (nSPS) is 26.4. The first-order valence-electron chi connectivity index (χ1n) is 8.78. The number of benzene rings is 1. The van der Waals surface area contributed by atoms with E-state index in [1.165, 1.54) is 0 Å². The number of aliphatic hydroxyl groups is 1. The van der Waals surface area contributed by atoms with Crippen molar-refractivity contribution in [3.8, 4) is 0 Å². The number of aromatic nitrogens is 2. The molecule has 2 aliphatic rings. The molecular weight excluding hydrogens is 302 g/mol. The molecule has 2 aromatic rings. The van der Waals surface area contributed by atoms with Crippen molar-refractivity contribution in [2.45, 2.75) is 56.8 Å². The fourth-order valence-electron chi connectivity index (χ4n) is 4.22. The lowest BCUT2D eigenvalue weighted by molar-refractivity contribution is -0.0151. The summed E-state index contributed by atoms with van der Waals surface area (Å²) in [6, 6.07) is 10.1. The number of hydrogen-bond donors (Lipinski definition) is 1. The fraction of sp³-hybridized carbons (Fsp3) is 0.474.